The second kappa shape index (κ2) is 9.41. The van der Waals surface area contributed by atoms with Crippen molar-refractivity contribution in [3.63, 3.8) is 0 Å². The molecule has 0 spiro atoms. The smallest absolute Gasteiger partial charge is 0 e. The second-order valence-corrected chi connectivity index (χ2v) is 5.80. The minimum atomic E-state index is -0.00699. The van der Waals surface area contributed by atoms with Gasteiger partial charge < -0.3 is 26.1 Å². The molecule has 0 saturated carbocycles. The van der Waals surface area contributed by atoms with Crippen LogP contribution in [0.1, 0.15) is 38.8 Å². The number of benzene rings is 1. The van der Waals surface area contributed by atoms with Gasteiger partial charge in [0, 0.05) is 19.5 Å². The summed E-state index contributed by atoms with van der Waals surface area (Å²) in [4.78, 5) is 0. The first-order valence-electron chi connectivity index (χ1n) is 6.43. The molecule has 0 amide bonds. The van der Waals surface area contributed by atoms with E-state index >= 15 is 0 Å². The predicted molar refractivity (Wildman–Crippen MR) is 94.6 cm³/mol. The second-order valence-electron chi connectivity index (χ2n) is 5.80. The Hall–Kier alpha value is -0.617. The van der Waals surface area contributed by atoms with Crippen molar-refractivity contribution < 1.29 is 19.5 Å². The third-order valence-electron chi connectivity index (χ3n) is 3.89. The zero-order chi connectivity index (χ0) is 14.1. The molecule has 0 aliphatic heterocycles. The average molecular weight is 339 g/mol. The molecule has 0 aliphatic rings. The topological polar surface area (TPSA) is 14.1 Å². The normalized spacial score (nSPS) is 10.1. The van der Waals surface area contributed by atoms with E-state index < -0.39 is 0 Å². The van der Waals surface area contributed by atoms with E-state index in [1.165, 1.54) is 22.3 Å². The SMILES string of the molecule is C=c1cc(C)c(=C([N-]C)C(C)(C)[C-](C)C)c(C)c1.[CH3-].[CH3-].[Zn]. The molecule has 1 nitrogen and oxygen atoms in total. The molecule has 0 heterocycles. The zero-order valence-corrected chi connectivity index (χ0v) is 18.5. The number of aryl methyl sites for hydroxylation is 2. The molecule has 0 aromatic heterocycles. The van der Waals surface area contributed by atoms with Crippen LogP contribution in [0.4, 0.5) is 0 Å². The monoisotopic (exact) mass is 337 g/mol. The molecule has 21 heavy (non-hydrogen) atoms. The summed E-state index contributed by atoms with van der Waals surface area (Å²) in [6, 6.07) is 4.27. The van der Waals surface area contributed by atoms with Gasteiger partial charge in [-0.05, 0) is 35.4 Å². The van der Waals surface area contributed by atoms with Crippen LogP contribution in [-0.2, 0) is 19.5 Å². The number of hydrogen-bond acceptors (Lipinski definition) is 0. The van der Waals surface area contributed by atoms with Gasteiger partial charge in [0.05, 0.1) is 0 Å². The van der Waals surface area contributed by atoms with Crippen molar-refractivity contribution in [1.82, 2.24) is 0 Å². The van der Waals surface area contributed by atoms with E-state index in [0.717, 1.165) is 10.9 Å². The van der Waals surface area contributed by atoms with E-state index in [1.807, 2.05) is 7.05 Å². The molecule has 2 heteroatoms. The van der Waals surface area contributed by atoms with Crippen molar-refractivity contribution in [2.24, 2.45) is 5.41 Å². The first-order chi connectivity index (χ1) is 8.21. The molecular formula is C19H31NZn-4. The Balaban J connectivity index is -0.00000108. The number of nitrogens with zero attached hydrogens (tertiary/aromatic N) is 1. The van der Waals surface area contributed by atoms with E-state index in [4.69, 9.17) is 0 Å². The van der Waals surface area contributed by atoms with Crippen LogP contribution in [0.25, 0.3) is 17.6 Å². The Bertz CT molecular complexity index is 512. The summed E-state index contributed by atoms with van der Waals surface area (Å²) in [7, 11) is 1.89. The van der Waals surface area contributed by atoms with Crippen LogP contribution in [0.5, 0.6) is 0 Å². The molecular weight excluding hydrogens is 308 g/mol. The van der Waals surface area contributed by atoms with Crippen molar-refractivity contribution in [2.75, 3.05) is 7.05 Å². The first kappa shape index (κ1) is 25.3. The van der Waals surface area contributed by atoms with E-state index in [-0.39, 0.29) is 39.7 Å². The Labute approximate surface area is 145 Å². The summed E-state index contributed by atoms with van der Waals surface area (Å²) in [5.74, 6) is 1.38. The maximum Gasteiger partial charge on any atom is 0 e. The molecule has 1 aromatic carbocycles. The van der Waals surface area contributed by atoms with Crippen molar-refractivity contribution in [3.05, 3.63) is 59.8 Å². The third kappa shape index (κ3) is 5.26. The predicted octanol–water partition coefficient (Wildman–Crippen LogP) is 4.36. The van der Waals surface area contributed by atoms with Crippen molar-refractivity contribution in [3.8, 4) is 0 Å². The number of rotatable bonds is 3. The maximum atomic E-state index is 4.58. The molecule has 1 aromatic rings. The fraction of sp³-hybridized carbons (Fsp3) is 0.421. The van der Waals surface area contributed by atoms with Crippen LogP contribution in [0.3, 0.4) is 0 Å². The van der Waals surface area contributed by atoms with Gasteiger partial charge in [0.1, 0.15) is 0 Å². The fourth-order valence-corrected chi connectivity index (χ4v) is 2.37. The summed E-state index contributed by atoms with van der Waals surface area (Å²) in [6.07, 6.45) is 0. The van der Waals surface area contributed by atoms with E-state index in [9.17, 15) is 0 Å². The molecule has 0 saturated heterocycles. The maximum absolute atomic E-state index is 4.58. The summed E-state index contributed by atoms with van der Waals surface area (Å²) in [6.45, 7) is 17.1. The van der Waals surface area contributed by atoms with Gasteiger partial charge in [-0.1, -0.05) is 32.6 Å². The van der Waals surface area contributed by atoms with Crippen LogP contribution >= 0.6 is 0 Å². The summed E-state index contributed by atoms with van der Waals surface area (Å²) >= 11 is 0. The van der Waals surface area contributed by atoms with Gasteiger partial charge in [0.2, 0.25) is 0 Å². The van der Waals surface area contributed by atoms with Gasteiger partial charge in [-0.15, -0.1) is 7.05 Å². The minimum Gasteiger partial charge on any atom is -0.692 e. The quantitative estimate of drug-likeness (QED) is 0.574. The summed E-state index contributed by atoms with van der Waals surface area (Å²) < 4.78 is 0. The molecule has 0 fully saturated rings. The van der Waals surface area contributed by atoms with Gasteiger partial charge >= 0.3 is 0 Å². The molecule has 0 atom stereocenters. The Morgan fingerprint density at radius 2 is 1.48 bits per heavy atom. The largest absolute Gasteiger partial charge is 0.692 e. The third-order valence-corrected chi connectivity index (χ3v) is 3.89. The van der Waals surface area contributed by atoms with Gasteiger partial charge in [0.25, 0.3) is 0 Å². The van der Waals surface area contributed by atoms with E-state index in [0.29, 0.717) is 0 Å². The summed E-state index contributed by atoms with van der Waals surface area (Å²) in [5, 5.41) is 6.92. The van der Waals surface area contributed by atoms with E-state index in [2.05, 4.69) is 65.6 Å². The molecule has 0 N–H and O–H groups in total. The summed E-state index contributed by atoms with van der Waals surface area (Å²) in [5.41, 5.74) is 3.68. The Morgan fingerprint density at radius 1 is 1.10 bits per heavy atom. The van der Waals surface area contributed by atoms with Crippen LogP contribution in [0.15, 0.2) is 12.1 Å². The Kier molecular flexibility index (Phi) is 11.4. The Morgan fingerprint density at radius 3 is 1.76 bits per heavy atom. The van der Waals surface area contributed by atoms with Crippen molar-refractivity contribution >= 4 is 12.3 Å². The molecule has 0 radical (unpaired) electrons. The molecule has 118 valence electrons. The van der Waals surface area contributed by atoms with Crippen LogP contribution < -0.4 is 10.4 Å². The van der Waals surface area contributed by atoms with Crippen LogP contribution in [0, 0.1) is 40.0 Å². The van der Waals surface area contributed by atoms with Crippen molar-refractivity contribution in [2.45, 2.75) is 41.5 Å². The molecule has 0 aliphatic carbocycles. The standard InChI is InChI=1S/C17H25N.2CH3.Zn/c1-11(2)17(6,7)16(18-8)15-13(4)9-12(3)10-14(15)5;;;/h9-10H,3H2,1-2,4-8H3;2*1H3;/q-2;2*-1;. The fourth-order valence-electron chi connectivity index (χ4n) is 2.37. The van der Waals surface area contributed by atoms with Gasteiger partial charge in [-0.25, -0.2) is 0 Å². The molecule has 1 rings (SSSR count). The van der Waals surface area contributed by atoms with Gasteiger partial charge in [-0.2, -0.15) is 25.0 Å². The van der Waals surface area contributed by atoms with Crippen LogP contribution in [-0.4, -0.2) is 7.05 Å². The first-order valence-corrected chi connectivity index (χ1v) is 6.43. The van der Waals surface area contributed by atoms with Crippen molar-refractivity contribution in [1.29, 1.82) is 0 Å². The van der Waals surface area contributed by atoms with E-state index in [1.54, 1.807) is 0 Å². The molecule has 0 bridgehead atoms. The molecule has 0 unspecified atom stereocenters. The van der Waals surface area contributed by atoms with Gasteiger partial charge in [0.15, 0.2) is 0 Å². The minimum absolute atomic E-state index is 0. The number of hydrogen-bond donors (Lipinski definition) is 0. The zero-order valence-electron chi connectivity index (χ0n) is 15.5. The van der Waals surface area contributed by atoms with Crippen LogP contribution in [0.2, 0.25) is 0 Å². The van der Waals surface area contributed by atoms with Gasteiger partial charge in [-0.3, -0.25) is 0 Å². The average Bonchev–Trinajstić information content (AvgIpc) is 2.22.